The van der Waals surface area contributed by atoms with Gasteiger partial charge < -0.3 is 15.4 Å². The van der Waals surface area contributed by atoms with Crippen molar-refractivity contribution in [1.82, 2.24) is 10.6 Å². The van der Waals surface area contributed by atoms with Gasteiger partial charge in [-0.3, -0.25) is 4.79 Å². The molecule has 4 heteroatoms. The number of hydrogen-bond acceptors (Lipinski definition) is 3. The molecule has 0 saturated carbocycles. The molecule has 1 aromatic carbocycles. The van der Waals surface area contributed by atoms with E-state index in [-0.39, 0.29) is 12.0 Å². The summed E-state index contributed by atoms with van der Waals surface area (Å²) >= 11 is 0. The predicted molar refractivity (Wildman–Crippen MR) is 80.0 cm³/mol. The molecule has 2 N–H and O–H groups in total. The predicted octanol–water partition coefficient (Wildman–Crippen LogP) is 1.66. The van der Waals surface area contributed by atoms with Gasteiger partial charge in [0.2, 0.25) is 5.91 Å². The first-order chi connectivity index (χ1) is 9.42. The zero-order chi connectivity index (χ0) is 14.8. The van der Waals surface area contributed by atoms with Crippen molar-refractivity contribution >= 4 is 5.91 Å². The van der Waals surface area contributed by atoms with Gasteiger partial charge in [0, 0.05) is 26.6 Å². The zero-order valence-electron chi connectivity index (χ0n) is 12.7. The maximum absolute atomic E-state index is 11.7. The Morgan fingerprint density at radius 3 is 2.90 bits per heavy atom. The molecule has 0 aromatic heterocycles. The van der Waals surface area contributed by atoms with E-state index in [1.165, 1.54) is 11.1 Å². The highest BCUT2D eigenvalue weighted by atomic mass is 16.5. The molecule has 0 bridgehead atoms. The highest BCUT2D eigenvalue weighted by Crippen LogP contribution is 2.29. The van der Waals surface area contributed by atoms with E-state index in [1.54, 1.807) is 7.05 Å². The molecule has 0 aliphatic carbocycles. The molecule has 0 spiro atoms. The number of carbonyl (C=O) groups excluding carboxylic acids is 1. The van der Waals surface area contributed by atoms with Crippen molar-refractivity contribution in [2.45, 2.75) is 33.3 Å². The average Bonchev–Trinajstić information content (AvgIpc) is 2.79. The van der Waals surface area contributed by atoms with Crippen LogP contribution in [0.5, 0.6) is 5.75 Å². The fourth-order valence-electron chi connectivity index (χ4n) is 2.53. The maximum atomic E-state index is 11.7. The summed E-state index contributed by atoms with van der Waals surface area (Å²) < 4.78 is 5.90. The highest BCUT2D eigenvalue weighted by molar-refractivity contribution is 5.81. The summed E-state index contributed by atoms with van der Waals surface area (Å²) in [6.45, 7) is 7.37. The normalized spacial score (nSPS) is 17.5. The zero-order valence-corrected chi connectivity index (χ0v) is 12.7. The van der Waals surface area contributed by atoms with Crippen LogP contribution in [0.3, 0.4) is 0 Å². The van der Waals surface area contributed by atoms with Crippen LogP contribution in [-0.2, 0) is 11.2 Å². The summed E-state index contributed by atoms with van der Waals surface area (Å²) in [5, 5.41) is 6.04. The Kier molecular flexibility index (Phi) is 4.33. The number of nitrogens with one attached hydrogen (secondary N) is 2. The van der Waals surface area contributed by atoms with E-state index in [1.807, 2.05) is 19.9 Å². The number of ether oxygens (including phenoxy) is 1. The van der Waals surface area contributed by atoms with Crippen LogP contribution in [0, 0.1) is 12.3 Å². The number of carbonyl (C=O) groups is 1. The van der Waals surface area contributed by atoms with Crippen molar-refractivity contribution in [1.29, 1.82) is 0 Å². The lowest BCUT2D eigenvalue weighted by Gasteiger charge is -2.23. The summed E-state index contributed by atoms with van der Waals surface area (Å²) in [6, 6.07) is 6.30. The van der Waals surface area contributed by atoms with Crippen LogP contribution in [0.1, 0.15) is 25.0 Å². The van der Waals surface area contributed by atoms with E-state index < -0.39 is 5.41 Å². The van der Waals surface area contributed by atoms with Gasteiger partial charge in [0.15, 0.2) is 0 Å². The minimum absolute atomic E-state index is 0.0521. The lowest BCUT2D eigenvalue weighted by Crippen LogP contribution is -2.44. The largest absolute Gasteiger partial charge is 0.488 e. The van der Waals surface area contributed by atoms with E-state index in [4.69, 9.17) is 4.74 Å². The van der Waals surface area contributed by atoms with Crippen LogP contribution < -0.4 is 15.4 Å². The van der Waals surface area contributed by atoms with Gasteiger partial charge in [-0.1, -0.05) is 17.7 Å². The summed E-state index contributed by atoms with van der Waals surface area (Å²) in [7, 11) is 1.67. The van der Waals surface area contributed by atoms with Crippen molar-refractivity contribution in [3.05, 3.63) is 29.3 Å². The Balaban J connectivity index is 1.82. The maximum Gasteiger partial charge on any atom is 0.226 e. The van der Waals surface area contributed by atoms with Crippen molar-refractivity contribution < 1.29 is 9.53 Å². The SMILES string of the molecule is CNC(=O)C(C)(C)CNCC1Cc2cc(C)ccc2O1. The van der Waals surface area contributed by atoms with Gasteiger partial charge in [-0.25, -0.2) is 0 Å². The molecule has 0 saturated heterocycles. The highest BCUT2D eigenvalue weighted by Gasteiger charge is 2.27. The number of aryl methyl sites for hydroxylation is 1. The van der Waals surface area contributed by atoms with Crippen molar-refractivity contribution in [2.24, 2.45) is 5.41 Å². The molecular formula is C16H24N2O2. The van der Waals surface area contributed by atoms with E-state index in [9.17, 15) is 4.79 Å². The summed E-state index contributed by atoms with van der Waals surface area (Å²) in [4.78, 5) is 11.7. The first kappa shape index (κ1) is 14.9. The van der Waals surface area contributed by atoms with Crippen LogP contribution in [0.25, 0.3) is 0 Å². The molecule has 1 aromatic rings. The van der Waals surface area contributed by atoms with Gasteiger partial charge >= 0.3 is 0 Å². The Bertz CT molecular complexity index is 497. The quantitative estimate of drug-likeness (QED) is 0.860. The molecule has 1 heterocycles. The van der Waals surface area contributed by atoms with Gasteiger partial charge in [0.25, 0.3) is 0 Å². The van der Waals surface area contributed by atoms with Crippen molar-refractivity contribution in [3.8, 4) is 5.75 Å². The number of fused-ring (bicyclic) bond motifs is 1. The second kappa shape index (κ2) is 5.83. The van der Waals surface area contributed by atoms with Gasteiger partial charge in [-0.2, -0.15) is 0 Å². The Hall–Kier alpha value is -1.55. The number of hydrogen-bond donors (Lipinski definition) is 2. The van der Waals surface area contributed by atoms with E-state index in [2.05, 4.69) is 29.7 Å². The molecule has 1 amide bonds. The topological polar surface area (TPSA) is 50.4 Å². The molecule has 1 atom stereocenters. The first-order valence-corrected chi connectivity index (χ1v) is 7.11. The van der Waals surface area contributed by atoms with E-state index in [0.29, 0.717) is 6.54 Å². The Labute approximate surface area is 120 Å². The number of amides is 1. The monoisotopic (exact) mass is 276 g/mol. The van der Waals surface area contributed by atoms with Gasteiger partial charge in [-0.05, 0) is 32.4 Å². The molecule has 110 valence electrons. The molecule has 1 unspecified atom stereocenters. The average molecular weight is 276 g/mol. The molecule has 0 fully saturated rings. The standard InChI is InChI=1S/C16H24N2O2/c1-11-5-6-14-12(7-11)8-13(20-14)9-18-10-16(2,3)15(19)17-4/h5-7,13,18H,8-10H2,1-4H3,(H,17,19). The van der Waals surface area contributed by atoms with E-state index >= 15 is 0 Å². The van der Waals surface area contributed by atoms with Gasteiger partial charge in [-0.15, -0.1) is 0 Å². The molecule has 20 heavy (non-hydrogen) atoms. The number of benzene rings is 1. The minimum atomic E-state index is -0.406. The van der Waals surface area contributed by atoms with Crippen molar-refractivity contribution in [3.63, 3.8) is 0 Å². The molecule has 1 aliphatic rings. The molecule has 2 rings (SSSR count). The van der Waals surface area contributed by atoms with Crippen LogP contribution in [0.4, 0.5) is 0 Å². The molecule has 0 radical (unpaired) electrons. The van der Waals surface area contributed by atoms with Crippen LogP contribution in [0.15, 0.2) is 18.2 Å². The van der Waals surface area contributed by atoms with Gasteiger partial charge in [0.05, 0.1) is 5.41 Å². The third-order valence-electron chi connectivity index (χ3n) is 3.74. The minimum Gasteiger partial charge on any atom is -0.488 e. The van der Waals surface area contributed by atoms with Crippen LogP contribution in [-0.4, -0.2) is 32.1 Å². The third kappa shape index (κ3) is 3.31. The number of rotatable bonds is 5. The molecule has 4 nitrogen and oxygen atoms in total. The van der Waals surface area contributed by atoms with E-state index in [0.717, 1.165) is 18.7 Å². The van der Waals surface area contributed by atoms with Gasteiger partial charge in [0.1, 0.15) is 11.9 Å². The Morgan fingerprint density at radius 2 is 2.20 bits per heavy atom. The lowest BCUT2D eigenvalue weighted by molar-refractivity contribution is -0.128. The van der Waals surface area contributed by atoms with Crippen LogP contribution in [0.2, 0.25) is 0 Å². The Morgan fingerprint density at radius 1 is 1.45 bits per heavy atom. The third-order valence-corrected chi connectivity index (χ3v) is 3.74. The lowest BCUT2D eigenvalue weighted by atomic mass is 9.92. The first-order valence-electron chi connectivity index (χ1n) is 7.11. The second-order valence-corrected chi connectivity index (χ2v) is 6.15. The summed E-state index contributed by atoms with van der Waals surface area (Å²) in [6.07, 6.45) is 1.09. The summed E-state index contributed by atoms with van der Waals surface area (Å²) in [5.74, 6) is 1.05. The fourth-order valence-corrected chi connectivity index (χ4v) is 2.53. The molecular weight excluding hydrogens is 252 g/mol. The van der Waals surface area contributed by atoms with Crippen molar-refractivity contribution in [2.75, 3.05) is 20.1 Å². The fraction of sp³-hybridized carbons (Fsp3) is 0.562. The van der Waals surface area contributed by atoms with Crippen LogP contribution >= 0.6 is 0 Å². The summed E-state index contributed by atoms with van der Waals surface area (Å²) in [5.41, 5.74) is 2.14. The smallest absolute Gasteiger partial charge is 0.226 e. The molecule has 1 aliphatic heterocycles. The second-order valence-electron chi connectivity index (χ2n) is 6.15.